The van der Waals surface area contributed by atoms with E-state index in [1.54, 1.807) is 0 Å². The zero-order chi connectivity index (χ0) is 10.6. The summed E-state index contributed by atoms with van der Waals surface area (Å²) in [4.78, 5) is 11.4. The van der Waals surface area contributed by atoms with Crippen LogP contribution < -0.4 is 10.6 Å². The predicted molar refractivity (Wildman–Crippen MR) is 55.2 cm³/mol. The Morgan fingerprint density at radius 3 is 2.79 bits per heavy atom. The number of carbonyl (C=O) groups is 1. The fraction of sp³-hybridized carbons (Fsp3) is 0.900. The third-order valence-corrected chi connectivity index (χ3v) is 2.24. The van der Waals surface area contributed by atoms with Crippen molar-refractivity contribution in [2.75, 3.05) is 6.61 Å². The number of hydrogen-bond acceptors (Lipinski definition) is 2. The molecule has 4 heteroatoms. The van der Waals surface area contributed by atoms with Gasteiger partial charge in [-0.15, -0.1) is 0 Å². The fourth-order valence-corrected chi connectivity index (χ4v) is 1.62. The first kappa shape index (κ1) is 11.3. The van der Waals surface area contributed by atoms with Gasteiger partial charge >= 0.3 is 6.03 Å². The van der Waals surface area contributed by atoms with E-state index in [0.29, 0.717) is 0 Å². The first-order valence-electron chi connectivity index (χ1n) is 5.26. The van der Waals surface area contributed by atoms with E-state index in [9.17, 15) is 4.79 Å². The number of nitrogens with one attached hydrogen (secondary N) is 2. The molecule has 82 valence electrons. The molecule has 1 rings (SSSR count). The summed E-state index contributed by atoms with van der Waals surface area (Å²) in [6, 6.07) is 0.379. The molecule has 1 aliphatic heterocycles. The van der Waals surface area contributed by atoms with E-state index in [-0.39, 0.29) is 24.2 Å². The molecule has 0 radical (unpaired) electrons. The van der Waals surface area contributed by atoms with Crippen LogP contribution in [0.4, 0.5) is 4.79 Å². The van der Waals surface area contributed by atoms with Crippen LogP contribution in [0.15, 0.2) is 0 Å². The molecular weight excluding hydrogens is 180 g/mol. The van der Waals surface area contributed by atoms with Gasteiger partial charge in [-0.25, -0.2) is 4.79 Å². The first-order valence-corrected chi connectivity index (χ1v) is 5.26. The van der Waals surface area contributed by atoms with E-state index < -0.39 is 0 Å². The molecule has 1 aliphatic rings. The molecule has 1 fully saturated rings. The Morgan fingerprint density at radius 2 is 2.21 bits per heavy atom. The molecular formula is C10H20N2O2. The van der Waals surface area contributed by atoms with Crippen LogP contribution in [0, 0.1) is 0 Å². The van der Waals surface area contributed by atoms with Gasteiger partial charge in [-0.2, -0.15) is 0 Å². The Bertz CT molecular complexity index is 195. The van der Waals surface area contributed by atoms with Crippen LogP contribution in [0.25, 0.3) is 0 Å². The van der Waals surface area contributed by atoms with E-state index in [4.69, 9.17) is 4.74 Å². The molecule has 0 bridgehead atoms. The van der Waals surface area contributed by atoms with Crippen LogP contribution in [0.3, 0.4) is 0 Å². The Kier molecular flexibility index (Phi) is 4.20. The maximum absolute atomic E-state index is 11.4. The highest BCUT2D eigenvalue weighted by atomic mass is 16.5. The molecule has 0 aromatic heterocycles. The Hall–Kier alpha value is -0.770. The molecule has 0 aromatic rings. The van der Waals surface area contributed by atoms with E-state index in [2.05, 4.69) is 10.6 Å². The Morgan fingerprint density at radius 1 is 1.50 bits per heavy atom. The lowest BCUT2D eigenvalue weighted by Crippen LogP contribution is -2.47. The SMILES string of the molecule is CC(C)NC(=O)NC1CCOC(C)C1. The van der Waals surface area contributed by atoms with Crippen molar-refractivity contribution in [1.29, 1.82) is 0 Å². The zero-order valence-corrected chi connectivity index (χ0v) is 9.17. The van der Waals surface area contributed by atoms with Gasteiger partial charge in [-0.1, -0.05) is 0 Å². The number of rotatable bonds is 2. The van der Waals surface area contributed by atoms with Crippen molar-refractivity contribution in [3.8, 4) is 0 Å². The summed E-state index contributed by atoms with van der Waals surface area (Å²) in [5.74, 6) is 0. The van der Waals surface area contributed by atoms with Crippen molar-refractivity contribution in [1.82, 2.24) is 10.6 Å². The normalized spacial score (nSPS) is 27.4. The third kappa shape index (κ3) is 3.96. The topological polar surface area (TPSA) is 50.4 Å². The maximum atomic E-state index is 11.4. The van der Waals surface area contributed by atoms with Crippen LogP contribution >= 0.6 is 0 Å². The van der Waals surface area contributed by atoms with Gasteiger partial charge in [0.05, 0.1) is 6.10 Å². The highest BCUT2D eigenvalue weighted by Crippen LogP contribution is 2.12. The van der Waals surface area contributed by atoms with Crippen molar-refractivity contribution in [3.63, 3.8) is 0 Å². The molecule has 0 aromatic carbocycles. The standard InChI is InChI=1S/C10H20N2O2/c1-7(2)11-10(13)12-9-4-5-14-8(3)6-9/h7-9H,4-6H2,1-3H3,(H2,11,12,13). The first-order chi connectivity index (χ1) is 6.58. The minimum atomic E-state index is -0.0703. The lowest BCUT2D eigenvalue weighted by Gasteiger charge is -2.28. The number of hydrogen-bond donors (Lipinski definition) is 2. The lowest BCUT2D eigenvalue weighted by molar-refractivity contribution is 0.0154. The molecule has 2 unspecified atom stereocenters. The van der Waals surface area contributed by atoms with Gasteiger partial charge in [-0.3, -0.25) is 0 Å². The third-order valence-electron chi connectivity index (χ3n) is 2.24. The zero-order valence-electron chi connectivity index (χ0n) is 9.17. The van der Waals surface area contributed by atoms with Crippen LogP contribution in [-0.2, 0) is 4.74 Å². The highest BCUT2D eigenvalue weighted by Gasteiger charge is 2.20. The molecule has 4 nitrogen and oxygen atoms in total. The average Bonchev–Trinajstić information content (AvgIpc) is 2.01. The van der Waals surface area contributed by atoms with Crippen molar-refractivity contribution < 1.29 is 9.53 Å². The van der Waals surface area contributed by atoms with Crippen LogP contribution in [0.1, 0.15) is 33.6 Å². The van der Waals surface area contributed by atoms with Crippen molar-refractivity contribution >= 4 is 6.03 Å². The largest absolute Gasteiger partial charge is 0.378 e. The van der Waals surface area contributed by atoms with Crippen LogP contribution in [0.2, 0.25) is 0 Å². The van der Waals surface area contributed by atoms with E-state index in [1.165, 1.54) is 0 Å². The predicted octanol–water partition coefficient (Wildman–Crippen LogP) is 1.26. The summed E-state index contributed by atoms with van der Waals surface area (Å²) in [7, 11) is 0. The van der Waals surface area contributed by atoms with Gasteiger partial charge in [0.2, 0.25) is 0 Å². The maximum Gasteiger partial charge on any atom is 0.315 e. The highest BCUT2D eigenvalue weighted by molar-refractivity contribution is 5.74. The molecule has 0 saturated carbocycles. The van der Waals surface area contributed by atoms with Gasteiger partial charge in [0.25, 0.3) is 0 Å². The van der Waals surface area contributed by atoms with E-state index >= 15 is 0 Å². The van der Waals surface area contributed by atoms with E-state index in [1.807, 2.05) is 20.8 Å². The van der Waals surface area contributed by atoms with Crippen molar-refractivity contribution in [2.24, 2.45) is 0 Å². The minimum absolute atomic E-state index is 0.0703. The van der Waals surface area contributed by atoms with Crippen molar-refractivity contribution in [2.45, 2.75) is 51.8 Å². The molecule has 1 saturated heterocycles. The van der Waals surface area contributed by atoms with Gasteiger partial charge in [-0.05, 0) is 33.6 Å². The molecule has 2 amide bonds. The number of ether oxygens (including phenoxy) is 1. The molecule has 2 N–H and O–H groups in total. The summed E-state index contributed by atoms with van der Waals surface area (Å²) in [6.45, 7) is 6.68. The van der Waals surface area contributed by atoms with Crippen LogP contribution in [0.5, 0.6) is 0 Å². The average molecular weight is 200 g/mol. The van der Waals surface area contributed by atoms with Crippen molar-refractivity contribution in [3.05, 3.63) is 0 Å². The van der Waals surface area contributed by atoms with E-state index in [0.717, 1.165) is 19.4 Å². The smallest absolute Gasteiger partial charge is 0.315 e. The van der Waals surface area contributed by atoms with Gasteiger partial charge in [0.15, 0.2) is 0 Å². The second kappa shape index (κ2) is 5.20. The summed E-state index contributed by atoms with van der Waals surface area (Å²) >= 11 is 0. The second-order valence-electron chi connectivity index (χ2n) is 4.18. The molecule has 1 heterocycles. The minimum Gasteiger partial charge on any atom is -0.378 e. The van der Waals surface area contributed by atoms with Crippen LogP contribution in [-0.4, -0.2) is 30.8 Å². The molecule has 0 aliphatic carbocycles. The summed E-state index contributed by atoms with van der Waals surface area (Å²) in [5.41, 5.74) is 0. The van der Waals surface area contributed by atoms with Gasteiger partial charge in [0, 0.05) is 18.7 Å². The van der Waals surface area contributed by atoms with Gasteiger partial charge < -0.3 is 15.4 Å². The molecule has 14 heavy (non-hydrogen) atoms. The Labute approximate surface area is 85.4 Å². The monoisotopic (exact) mass is 200 g/mol. The lowest BCUT2D eigenvalue weighted by atomic mass is 10.0. The number of urea groups is 1. The number of carbonyl (C=O) groups excluding carboxylic acids is 1. The molecule has 0 spiro atoms. The summed E-state index contributed by atoms with van der Waals surface area (Å²) in [5, 5.41) is 5.76. The Balaban J connectivity index is 2.25. The summed E-state index contributed by atoms with van der Waals surface area (Å²) < 4.78 is 5.40. The quantitative estimate of drug-likeness (QED) is 0.705. The molecule has 2 atom stereocenters. The second-order valence-corrected chi connectivity index (χ2v) is 4.18. The summed E-state index contributed by atoms with van der Waals surface area (Å²) in [6.07, 6.45) is 2.08. The van der Waals surface area contributed by atoms with Gasteiger partial charge in [0.1, 0.15) is 0 Å². The number of amides is 2. The fourth-order valence-electron chi connectivity index (χ4n) is 1.62.